The summed E-state index contributed by atoms with van der Waals surface area (Å²) in [5, 5.41) is 3.52. The molecule has 31 heavy (non-hydrogen) atoms. The third-order valence-electron chi connectivity index (χ3n) is 5.24. The lowest BCUT2D eigenvalue weighted by atomic mass is 10.1. The predicted molar refractivity (Wildman–Crippen MR) is 121 cm³/mol. The Morgan fingerprint density at radius 1 is 1.13 bits per heavy atom. The molecule has 1 aliphatic heterocycles. The van der Waals surface area contributed by atoms with Gasteiger partial charge < -0.3 is 14.6 Å². The fourth-order valence-corrected chi connectivity index (χ4v) is 4.51. The predicted octanol–water partition coefficient (Wildman–Crippen LogP) is 3.34. The number of piperazine rings is 1. The Morgan fingerprint density at radius 2 is 1.94 bits per heavy atom. The number of anilines is 1. The Balaban J connectivity index is 1.23. The van der Waals surface area contributed by atoms with Crippen LogP contribution in [0.5, 0.6) is 0 Å². The average molecular weight is 439 g/mol. The van der Waals surface area contributed by atoms with Gasteiger partial charge >= 0.3 is 0 Å². The van der Waals surface area contributed by atoms with Gasteiger partial charge in [-0.25, -0.2) is 4.98 Å². The smallest absolute Gasteiger partial charge is 0.289 e. The van der Waals surface area contributed by atoms with Gasteiger partial charge in [-0.05, 0) is 31.5 Å². The van der Waals surface area contributed by atoms with E-state index in [0.29, 0.717) is 37.1 Å². The molecular weight excluding hydrogens is 412 g/mol. The van der Waals surface area contributed by atoms with Crippen molar-refractivity contribution in [2.45, 2.75) is 20.3 Å². The first-order valence-corrected chi connectivity index (χ1v) is 11.2. The van der Waals surface area contributed by atoms with Crippen molar-refractivity contribution in [3.05, 3.63) is 70.1 Å². The molecular formula is C23H26N4O3S. The quantitative estimate of drug-likeness (QED) is 0.639. The fourth-order valence-electron chi connectivity index (χ4n) is 3.65. The SMILES string of the molecule is Cc1cccc(Cc2cnc(NC(=O)CN3CCN(C(=O)c4ccc(C)o4)CC3)s2)c1. The number of rotatable bonds is 6. The molecule has 0 spiro atoms. The Morgan fingerprint density at radius 3 is 2.65 bits per heavy atom. The third kappa shape index (κ3) is 5.59. The monoisotopic (exact) mass is 438 g/mol. The summed E-state index contributed by atoms with van der Waals surface area (Å²) in [6, 6.07) is 11.9. The van der Waals surface area contributed by atoms with Gasteiger partial charge in [0, 0.05) is 43.7 Å². The van der Waals surface area contributed by atoms with E-state index in [1.54, 1.807) is 17.0 Å². The van der Waals surface area contributed by atoms with E-state index < -0.39 is 0 Å². The van der Waals surface area contributed by atoms with E-state index >= 15 is 0 Å². The highest BCUT2D eigenvalue weighted by atomic mass is 32.1. The highest BCUT2D eigenvalue weighted by molar-refractivity contribution is 7.15. The second-order valence-corrected chi connectivity index (χ2v) is 8.94. The number of furan rings is 1. The molecule has 162 valence electrons. The second-order valence-electron chi connectivity index (χ2n) is 7.82. The van der Waals surface area contributed by atoms with Crippen molar-refractivity contribution in [2.24, 2.45) is 0 Å². The Hall–Kier alpha value is -2.97. The van der Waals surface area contributed by atoms with E-state index in [1.165, 1.54) is 22.5 Å². The molecule has 0 saturated carbocycles. The minimum Gasteiger partial charge on any atom is -0.456 e. The summed E-state index contributed by atoms with van der Waals surface area (Å²) in [5.74, 6) is 0.913. The van der Waals surface area contributed by atoms with Crippen molar-refractivity contribution < 1.29 is 14.0 Å². The third-order valence-corrected chi connectivity index (χ3v) is 6.15. The van der Waals surface area contributed by atoms with E-state index in [-0.39, 0.29) is 18.4 Å². The van der Waals surface area contributed by atoms with Gasteiger partial charge in [0.05, 0.1) is 6.54 Å². The molecule has 8 heteroatoms. The summed E-state index contributed by atoms with van der Waals surface area (Å²) in [6.45, 7) is 6.63. The molecule has 0 bridgehead atoms. The Labute approximate surface area is 185 Å². The first-order chi connectivity index (χ1) is 15.0. The number of amides is 2. The number of nitrogens with one attached hydrogen (secondary N) is 1. The van der Waals surface area contributed by atoms with Crippen LogP contribution in [0.3, 0.4) is 0 Å². The van der Waals surface area contributed by atoms with Gasteiger partial charge in [-0.3, -0.25) is 14.5 Å². The molecule has 1 aliphatic rings. The van der Waals surface area contributed by atoms with Gasteiger partial charge in [-0.15, -0.1) is 11.3 Å². The standard InChI is InChI=1S/C23H26N4O3S/c1-16-4-3-5-18(12-16)13-19-14-24-23(31-19)25-21(28)15-26-8-10-27(11-9-26)22(29)20-7-6-17(2)30-20/h3-7,12,14H,8-11,13,15H2,1-2H3,(H,24,25,28). The molecule has 0 radical (unpaired) electrons. The van der Waals surface area contributed by atoms with Crippen LogP contribution in [0.15, 0.2) is 47.0 Å². The molecule has 3 aromatic rings. The topological polar surface area (TPSA) is 78.7 Å². The minimum atomic E-state index is -0.0962. The zero-order valence-corrected chi connectivity index (χ0v) is 18.6. The minimum absolute atomic E-state index is 0.0853. The molecule has 1 saturated heterocycles. The van der Waals surface area contributed by atoms with Gasteiger partial charge in [-0.1, -0.05) is 29.8 Å². The number of aryl methyl sites for hydroxylation is 2. The van der Waals surface area contributed by atoms with Gasteiger partial charge in [-0.2, -0.15) is 0 Å². The zero-order chi connectivity index (χ0) is 21.8. The first-order valence-electron chi connectivity index (χ1n) is 10.3. The van der Waals surface area contributed by atoms with E-state index in [4.69, 9.17) is 4.42 Å². The molecule has 2 amide bonds. The number of carbonyl (C=O) groups excluding carboxylic acids is 2. The normalized spacial score (nSPS) is 14.6. The number of nitrogens with zero attached hydrogens (tertiary/aromatic N) is 3. The molecule has 3 heterocycles. The van der Waals surface area contributed by atoms with E-state index in [0.717, 1.165) is 17.1 Å². The van der Waals surface area contributed by atoms with Crippen LogP contribution in [0.1, 0.15) is 32.3 Å². The number of carbonyl (C=O) groups is 2. The van der Waals surface area contributed by atoms with E-state index in [1.807, 2.05) is 18.0 Å². The summed E-state index contributed by atoms with van der Waals surface area (Å²) in [5.41, 5.74) is 2.47. The summed E-state index contributed by atoms with van der Waals surface area (Å²) >= 11 is 1.50. The van der Waals surface area contributed by atoms with Crippen LogP contribution >= 0.6 is 11.3 Å². The summed E-state index contributed by atoms with van der Waals surface area (Å²) < 4.78 is 5.43. The van der Waals surface area contributed by atoms with Crippen LogP contribution in [0.25, 0.3) is 0 Å². The number of benzene rings is 1. The summed E-state index contributed by atoms with van der Waals surface area (Å²) in [4.78, 5) is 34.2. The maximum Gasteiger partial charge on any atom is 0.289 e. The van der Waals surface area contributed by atoms with Crippen LogP contribution in [0, 0.1) is 13.8 Å². The zero-order valence-electron chi connectivity index (χ0n) is 17.8. The van der Waals surface area contributed by atoms with Crippen molar-refractivity contribution in [3.63, 3.8) is 0 Å². The van der Waals surface area contributed by atoms with Crippen LogP contribution in [0.4, 0.5) is 5.13 Å². The van der Waals surface area contributed by atoms with Gasteiger partial charge in [0.25, 0.3) is 5.91 Å². The maximum absolute atomic E-state index is 12.5. The van der Waals surface area contributed by atoms with Crippen molar-refractivity contribution >= 4 is 28.3 Å². The molecule has 1 aromatic carbocycles. The van der Waals surface area contributed by atoms with Gasteiger partial charge in [0.15, 0.2) is 10.9 Å². The number of hydrogen-bond acceptors (Lipinski definition) is 6. The molecule has 1 fully saturated rings. The van der Waals surface area contributed by atoms with Crippen molar-refractivity contribution in [3.8, 4) is 0 Å². The molecule has 0 aliphatic carbocycles. The Kier molecular flexibility index (Phi) is 6.48. The highest BCUT2D eigenvalue weighted by Gasteiger charge is 2.25. The van der Waals surface area contributed by atoms with E-state index in [2.05, 4.69) is 41.5 Å². The number of hydrogen-bond donors (Lipinski definition) is 1. The average Bonchev–Trinajstić information content (AvgIpc) is 3.37. The largest absolute Gasteiger partial charge is 0.456 e. The molecule has 7 nitrogen and oxygen atoms in total. The molecule has 4 rings (SSSR count). The van der Waals surface area contributed by atoms with Gasteiger partial charge in [0.2, 0.25) is 5.91 Å². The highest BCUT2D eigenvalue weighted by Crippen LogP contribution is 2.21. The lowest BCUT2D eigenvalue weighted by Crippen LogP contribution is -2.50. The van der Waals surface area contributed by atoms with Crippen LogP contribution in [-0.4, -0.2) is 59.3 Å². The molecule has 0 atom stereocenters. The second kappa shape index (κ2) is 9.45. The van der Waals surface area contributed by atoms with Crippen LogP contribution in [0.2, 0.25) is 0 Å². The van der Waals surface area contributed by atoms with Crippen LogP contribution < -0.4 is 5.32 Å². The molecule has 1 N–H and O–H groups in total. The Bertz CT molecular complexity index is 1070. The first kappa shape index (κ1) is 21.3. The lowest BCUT2D eigenvalue weighted by molar-refractivity contribution is -0.117. The fraction of sp³-hybridized carbons (Fsp3) is 0.348. The molecule has 2 aromatic heterocycles. The maximum atomic E-state index is 12.5. The van der Waals surface area contributed by atoms with Crippen molar-refractivity contribution in [2.75, 3.05) is 38.0 Å². The molecule has 0 unspecified atom stereocenters. The number of thiazole rings is 1. The summed E-state index contributed by atoms with van der Waals surface area (Å²) in [7, 11) is 0. The lowest BCUT2D eigenvalue weighted by Gasteiger charge is -2.33. The summed E-state index contributed by atoms with van der Waals surface area (Å²) in [6.07, 6.45) is 2.63. The van der Waals surface area contributed by atoms with Crippen LogP contribution in [-0.2, 0) is 11.2 Å². The van der Waals surface area contributed by atoms with Gasteiger partial charge in [0.1, 0.15) is 5.76 Å². The van der Waals surface area contributed by atoms with Crippen molar-refractivity contribution in [1.82, 2.24) is 14.8 Å². The van der Waals surface area contributed by atoms with Crippen molar-refractivity contribution in [1.29, 1.82) is 0 Å². The van der Waals surface area contributed by atoms with E-state index in [9.17, 15) is 9.59 Å². The number of aromatic nitrogens is 1.